The summed E-state index contributed by atoms with van der Waals surface area (Å²) in [6.45, 7) is -1.64. The van der Waals surface area contributed by atoms with Crippen molar-refractivity contribution in [2.75, 3.05) is 26.3 Å². The first kappa shape index (κ1) is 30.2. The van der Waals surface area contributed by atoms with Crippen molar-refractivity contribution < 1.29 is 47.3 Å². The fraction of sp³-hybridized carbons (Fsp3) is 0.458. The zero-order valence-electron chi connectivity index (χ0n) is 21.8. The molecule has 2 fully saturated rings. The van der Waals surface area contributed by atoms with Crippen LogP contribution in [-0.4, -0.2) is 113 Å². The van der Waals surface area contributed by atoms with Gasteiger partial charge in [0.1, 0.15) is 35.2 Å². The van der Waals surface area contributed by atoms with Gasteiger partial charge in [-0.25, -0.2) is 22.7 Å². The quantitative estimate of drug-likeness (QED) is 0.242. The average molecular weight is 612 g/mol. The highest BCUT2D eigenvalue weighted by Gasteiger charge is 2.42. The lowest BCUT2D eigenvalue weighted by Gasteiger charge is -2.23. The molecule has 2 aromatic rings. The smallest absolute Gasteiger partial charge is 0.326 e. The summed E-state index contributed by atoms with van der Waals surface area (Å²) in [6.07, 6.45) is 1.50. The van der Waals surface area contributed by atoms with E-state index < -0.39 is 77.1 Å². The van der Waals surface area contributed by atoms with Gasteiger partial charge in [-0.15, -0.1) is 11.3 Å². The minimum Gasteiger partial charge on any atom is -0.480 e. The van der Waals surface area contributed by atoms with Gasteiger partial charge in [0.25, 0.3) is 5.91 Å². The number of sulfonamides is 1. The molecule has 3 amide bonds. The van der Waals surface area contributed by atoms with Gasteiger partial charge in [-0.3, -0.25) is 14.4 Å². The van der Waals surface area contributed by atoms with Crippen LogP contribution < -0.4 is 10.0 Å². The van der Waals surface area contributed by atoms with Crippen LogP contribution in [0, 0.1) is 0 Å². The van der Waals surface area contributed by atoms with Crippen molar-refractivity contribution in [3.05, 3.63) is 41.5 Å². The minimum absolute atomic E-state index is 0.0208. The number of rotatable bonds is 11. The van der Waals surface area contributed by atoms with Crippen molar-refractivity contribution in [2.45, 2.75) is 41.2 Å². The Kier molecular flexibility index (Phi) is 9.11. The molecule has 0 aliphatic carbocycles. The molecule has 0 unspecified atom stereocenters. The van der Waals surface area contributed by atoms with Gasteiger partial charge in [0.15, 0.2) is 0 Å². The second-order valence-electron chi connectivity index (χ2n) is 9.69. The van der Waals surface area contributed by atoms with Gasteiger partial charge in [0.05, 0.1) is 0 Å². The van der Waals surface area contributed by atoms with Crippen molar-refractivity contribution >= 4 is 51.0 Å². The molecule has 0 spiro atoms. The molecule has 4 N–H and O–H groups in total. The fourth-order valence-corrected chi connectivity index (χ4v) is 7.17. The van der Waals surface area contributed by atoms with E-state index in [1.807, 2.05) is 0 Å². The number of hydrogen-bond acceptors (Lipinski definition) is 9. The number of aryl methyl sites for hydroxylation is 1. The van der Waals surface area contributed by atoms with Gasteiger partial charge in [-0.05, 0) is 30.0 Å². The van der Waals surface area contributed by atoms with Gasteiger partial charge < -0.3 is 34.6 Å². The Bertz CT molecular complexity index is 1420. The maximum atomic E-state index is 12.8. The van der Waals surface area contributed by atoms with Gasteiger partial charge in [0, 0.05) is 44.8 Å². The van der Waals surface area contributed by atoms with Crippen molar-refractivity contribution in [2.24, 2.45) is 7.05 Å². The number of nitrogens with zero attached hydrogens (tertiary/aromatic N) is 3. The molecule has 15 nitrogen and oxygen atoms in total. The first-order chi connectivity index (χ1) is 19.4. The first-order valence-electron chi connectivity index (χ1n) is 12.5. The number of carbonyl (C=O) groups is 5. The van der Waals surface area contributed by atoms with E-state index in [1.54, 1.807) is 41.4 Å². The van der Waals surface area contributed by atoms with E-state index in [9.17, 15) is 42.6 Å². The van der Waals surface area contributed by atoms with Crippen LogP contribution in [0.1, 0.15) is 23.3 Å². The molecular weight excluding hydrogens is 582 g/mol. The third-order valence-electron chi connectivity index (χ3n) is 6.86. The molecule has 222 valence electrons. The molecule has 0 radical (unpaired) electrons. The number of aromatic nitrogens is 1. The number of ether oxygens (including phenoxy) is 1. The van der Waals surface area contributed by atoms with Gasteiger partial charge in [0.2, 0.25) is 21.8 Å². The third-order valence-corrected chi connectivity index (χ3v) is 9.78. The normalized spacial score (nSPS) is 22.6. The lowest BCUT2D eigenvalue weighted by Crippen LogP contribution is -2.45. The summed E-state index contributed by atoms with van der Waals surface area (Å²) in [5.41, 5.74) is 0.367. The second-order valence-corrected chi connectivity index (χ2v) is 12.6. The second kappa shape index (κ2) is 12.4. The van der Waals surface area contributed by atoms with E-state index in [-0.39, 0.29) is 30.1 Å². The van der Waals surface area contributed by atoms with Gasteiger partial charge >= 0.3 is 11.9 Å². The van der Waals surface area contributed by atoms with Gasteiger partial charge in [-0.1, -0.05) is 6.07 Å². The van der Waals surface area contributed by atoms with Crippen LogP contribution >= 0.6 is 11.3 Å². The van der Waals surface area contributed by atoms with Crippen molar-refractivity contribution in [3.63, 3.8) is 0 Å². The van der Waals surface area contributed by atoms with E-state index in [0.717, 1.165) is 21.1 Å². The number of thiophene rings is 1. The predicted octanol–water partition coefficient (Wildman–Crippen LogP) is -1.08. The average Bonchev–Trinajstić information content (AvgIpc) is 3.69. The topological polar surface area (TPSA) is 205 Å². The number of nitrogens with one attached hydrogen (secondary N) is 2. The molecule has 4 rings (SSSR count). The number of carboxylic acid groups (broad SMARTS) is 2. The monoisotopic (exact) mass is 611 g/mol. The molecule has 17 heteroatoms. The van der Waals surface area contributed by atoms with E-state index in [2.05, 4.69) is 10.0 Å². The summed E-state index contributed by atoms with van der Waals surface area (Å²) in [5.74, 6) is -4.50. The predicted molar refractivity (Wildman–Crippen MR) is 141 cm³/mol. The Morgan fingerprint density at radius 1 is 0.951 bits per heavy atom. The molecule has 0 bridgehead atoms. The molecule has 4 atom stereocenters. The number of hydrogen-bond donors (Lipinski definition) is 4. The molecule has 2 aromatic heterocycles. The molecule has 4 heterocycles. The van der Waals surface area contributed by atoms with Crippen LogP contribution in [-0.2, 0) is 41.0 Å². The molecule has 41 heavy (non-hydrogen) atoms. The standard InChI is InChI=1S/C24H29N5O10S2/c1-27-6-2-4-16(27)22(32)25-14-8-17(23(33)34)28(10-14)19(30)12-39-13-20(31)29-11-15(9-18(29)24(35)36)26-41(37,38)21-5-3-7-40-21/h2-7,14-15,17-18,26H,8-13H2,1H3,(H,25,32)(H,33,34)(H,35,36)/t14-,15-,17-,18-/m0/s1. The number of carbonyl (C=O) groups excluding carboxylic acids is 3. The largest absolute Gasteiger partial charge is 0.480 e. The summed E-state index contributed by atoms with van der Waals surface area (Å²) in [6, 6.07) is 2.25. The highest BCUT2D eigenvalue weighted by Crippen LogP contribution is 2.23. The number of amides is 3. The van der Waals surface area contributed by atoms with E-state index >= 15 is 0 Å². The van der Waals surface area contributed by atoms with Crippen LogP contribution in [0.3, 0.4) is 0 Å². The summed E-state index contributed by atoms with van der Waals surface area (Å²) in [4.78, 5) is 63.6. The van der Waals surface area contributed by atoms with Crippen molar-refractivity contribution in [3.8, 4) is 0 Å². The zero-order chi connectivity index (χ0) is 29.9. The fourth-order valence-electron chi connectivity index (χ4n) is 4.92. The maximum Gasteiger partial charge on any atom is 0.326 e. The number of aliphatic carboxylic acids is 2. The van der Waals surface area contributed by atoms with Crippen LogP contribution in [0.2, 0.25) is 0 Å². The minimum atomic E-state index is -3.89. The molecule has 2 aliphatic rings. The Balaban J connectivity index is 1.30. The molecule has 0 aromatic carbocycles. The van der Waals surface area contributed by atoms with Crippen LogP contribution in [0.4, 0.5) is 0 Å². The Hall–Kier alpha value is -3.80. The number of likely N-dealkylation sites (tertiary alicyclic amines) is 2. The summed E-state index contributed by atoms with van der Waals surface area (Å²) >= 11 is 0.995. The Labute approximate surface area is 238 Å². The summed E-state index contributed by atoms with van der Waals surface area (Å²) < 4.78 is 34.3. The summed E-state index contributed by atoms with van der Waals surface area (Å²) in [7, 11) is -2.21. The SMILES string of the molecule is Cn1cccc1C(=O)N[C@H]1C[C@@H](C(=O)O)N(C(=O)COCC(=O)N2C[C@@H](NS(=O)(=O)c3cccs3)C[C@H]2C(=O)O)C1. The van der Waals surface area contributed by atoms with Crippen molar-refractivity contribution in [1.82, 2.24) is 24.4 Å². The van der Waals surface area contributed by atoms with Crippen LogP contribution in [0.25, 0.3) is 0 Å². The Morgan fingerprint density at radius 3 is 2.05 bits per heavy atom. The van der Waals surface area contributed by atoms with Gasteiger partial charge in [-0.2, -0.15) is 0 Å². The lowest BCUT2D eigenvalue weighted by atomic mass is 10.1. The molecular formula is C24H29N5O10S2. The highest BCUT2D eigenvalue weighted by atomic mass is 32.2. The van der Waals surface area contributed by atoms with Crippen molar-refractivity contribution in [1.29, 1.82) is 0 Å². The van der Waals surface area contributed by atoms with Crippen LogP contribution in [0.5, 0.6) is 0 Å². The van der Waals surface area contributed by atoms with E-state index in [4.69, 9.17) is 4.74 Å². The molecule has 2 saturated heterocycles. The molecule has 2 aliphatic heterocycles. The first-order valence-corrected chi connectivity index (χ1v) is 14.8. The zero-order valence-corrected chi connectivity index (χ0v) is 23.5. The molecule has 0 saturated carbocycles. The summed E-state index contributed by atoms with van der Waals surface area (Å²) in [5, 5.41) is 23.5. The number of carboxylic acids is 2. The highest BCUT2D eigenvalue weighted by molar-refractivity contribution is 7.91. The lowest BCUT2D eigenvalue weighted by molar-refractivity contribution is -0.153. The Morgan fingerprint density at radius 2 is 1.54 bits per heavy atom. The van der Waals surface area contributed by atoms with Crippen LogP contribution in [0.15, 0.2) is 40.1 Å². The maximum absolute atomic E-state index is 12.8. The van der Waals surface area contributed by atoms with E-state index in [1.165, 1.54) is 6.07 Å². The third kappa shape index (κ3) is 6.92. The van der Waals surface area contributed by atoms with E-state index in [0.29, 0.717) is 5.69 Å².